The molecule has 0 spiro atoms. The van der Waals surface area contributed by atoms with Gasteiger partial charge in [0.15, 0.2) is 0 Å². The molecular weight excluding hydrogens is 311 g/mol. The highest BCUT2D eigenvalue weighted by atomic mass is 35.5. The van der Waals surface area contributed by atoms with Crippen LogP contribution in [0.2, 0.25) is 10.0 Å². The summed E-state index contributed by atoms with van der Waals surface area (Å²) >= 11 is 12.0. The highest BCUT2D eigenvalue weighted by molar-refractivity contribution is 6.42. The van der Waals surface area contributed by atoms with E-state index in [4.69, 9.17) is 32.7 Å². The Morgan fingerprint density at radius 1 is 1.14 bits per heavy atom. The minimum Gasteiger partial charge on any atom is -0.481 e. The van der Waals surface area contributed by atoms with Gasteiger partial charge in [0.05, 0.1) is 22.7 Å². The van der Waals surface area contributed by atoms with E-state index in [1.54, 1.807) is 24.5 Å². The van der Waals surface area contributed by atoms with Gasteiger partial charge in [-0.05, 0) is 17.7 Å². The lowest BCUT2D eigenvalue weighted by Gasteiger charge is -2.02. The summed E-state index contributed by atoms with van der Waals surface area (Å²) in [5, 5.41) is 10.7. The number of furan rings is 1. The van der Waals surface area contributed by atoms with Crippen LogP contribution in [0.3, 0.4) is 0 Å². The summed E-state index contributed by atoms with van der Waals surface area (Å²) in [5.41, 5.74) is 2.96. The first-order valence-electron chi connectivity index (χ1n) is 6.22. The van der Waals surface area contributed by atoms with Crippen molar-refractivity contribution < 1.29 is 14.3 Å². The molecule has 3 rings (SSSR count). The van der Waals surface area contributed by atoms with Gasteiger partial charge in [0, 0.05) is 16.5 Å². The summed E-state index contributed by atoms with van der Waals surface area (Å²) in [6.45, 7) is 0. The van der Waals surface area contributed by atoms with E-state index in [1.165, 1.54) is 0 Å². The van der Waals surface area contributed by atoms with Crippen LogP contribution in [-0.2, 0) is 11.2 Å². The summed E-state index contributed by atoms with van der Waals surface area (Å²) in [4.78, 5) is 10.9. The van der Waals surface area contributed by atoms with Gasteiger partial charge in [-0.25, -0.2) is 0 Å². The Morgan fingerprint density at radius 2 is 1.95 bits per heavy atom. The SMILES string of the molecule is O=C(O)Cc1cccc2c(-c3ccc(Cl)c(Cl)c3)coc12. The molecule has 3 aromatic rings. The normalized spacial score (nSPS) is 11.0. The molecule has 5 heteroatoms. The van der Waals surface area contributed by atoms with Crippen LogP contribution in [0.25, 0.3) is 22.1 Å². The number of fused-ring (bicyclic) bond motifs is 1. The van der Waals surface area contributed by atoms with Crippen LogP contribution in [0.15, 0.2) is 47.1 Å². The van der Waals surface area contributed by atoms with Crippen molar-refractivity contribution in [1.29, 1.82) is 0 Å². The molecule has 0 saturated carbocycles. The summed E-state index contributed by atoms with van der Waals surface area (Å²) < 4.78 is 5.57. The molecule has 21 heavy (non-hydrogen) atoms. The first-order valence-corrected chi connectivity index (χ1v) is 6.98. The summed E-state index contributed by atoms with van der Waals surface area (Å²) in [6, 6.07) is 10.8. The molecule has 0 aliphatic rings. The maximum Gasteiger partial charge on any atom is 0.307 e. The van der Waals surface area contributed by atoms with Crippen LogP contribution < -0.4 is 0 Å². The minimum atomic E-state index is -0.894. The van der Waals surface area contributed by atoms with Crippen molar-refractivity contribution >= 4 is 40.1 Å². The molecule has 0 aliphatic carbocycles. The van der Waals surface area contributed by atoms with Gasteiger partial charge in [0.1, 0.15) is 5.58 Å². The Balaban J connectivity index is 2.16. The van der Waals surface area contributed by atoms with Crippen molar-refractivity contribution in [2.24, 2.45) is 0 Å². The van der Waals surface area contributed by atoms with E-state index in [1.807, 2.05) is 18.2 Å². The number of rotatable bonds is 3. The summed E-state index contributed by atoms with van der Waals surface area (Å²) in [7, 11) is 0. The maximum absolute atomic E-state index is 10.9. The lowest BCUT2D eigenvalue weighted by molar-refractivity contribution is -0.136. The first kappa shape index (κ1) is 14.0. The monoisotopic (exact) mass is 320 g/mol. The summed E-state index contributed by atoms with van der Waals surface area (Å²) in [5.74, 6) is -0.894. The van der Waals surface area contributed by atoms with Crippen LogP contribution in [0.5, 0.6) is 0 Å². The number of carboxylic acid groups (broad SMARTS) is 1. The van der Waals surface area contributed by atoms with E-state index in [-0.39, 0.29) is 6.42 Å². The third kappa shape index (κ3) is 2.62. The van der Waals surface area contributed by atoms with Crippen molar-refractivity contribution in [2.45, 2.75) is 6.42 Å². The molecule has 0 atom stereocenters. The van der Waals surface area contributed by atoms with Crippen molar-refractivity contribution in [3.05, 3.63) is 58.3 Å². The van der Waals surface area contributed by atoms with Gasteiger partial charge in [0.2, 0.25) is 0 Å². The number of aliphatic carboxylic acids is 1. The van der Waals surface area contributed by atoms with Gasteiger partial charge in [-0.15, -0.1) is 0 Å². The lowest BCUT2D eigenvalue weighted by atomic mass is 10.0. The molecule has 1 N–H and O–H groups in total. The smallest absolute Gasteiger partial charge is 0.307 e. The standard InChI is InChI=1S/C16H10Cl2O3/c17-13-5-4-9(6-14(13)18)12-8-21-16-10(7-15(19)20)2-1-3-11(12)16/h1-6,8H,7H2,(H,19,20). The number of hydrogen-bond donors (Lipinski definition) is 1. The van der Waals surface area contributed by atoms with Crippen molar-refractivity contribution in [3.8, 4) is 11.1 Å². The molecule has 1 aromatic heterocycles. The topological polar surface area (TPSA) is 50.4 Å². The average molecular weight is 321 g/mol. The fourth-order valence-corrected chi connectivity index (χ4v) is 2.60. The van der Waals surface area contributed by atoms with E-state index in [0.29, 0.717) is 21.2 Å². The number of benzene rings is 2. The van der Waals surface area contributed by atoms with Crippen LogP contribution in [0, 0.1) is 0 Å². The van der Waals surface area contributed by atoms with Crippen molar-refractivity contribution in [2.75, 3.05) is 0 Å². The second kappa shape index (κ2) is 5.43. The Bertz CT molecular complexity index is 837. The molecule has 0 unspecified atom stereocenters. The number of hydrogen-bond acceptors (Lipinski definition) is 2. The van der Waals surface area contributed by atoms with E-state index < -0.39 is 5.97 Å². The molecule has 0 fully saturated rings. The van der Waals surface area contributed by atoms with Crippen LogP contribution >= 0.6 is 23.2 Å². The Morgan fingerprint density at radius 3 is 2.67 bits per heavy atom. The van der Waals surface area contributed by atoms with Gasteiger partial charge in [-0.3, -0.25) is 4.79 Å². The van der Waals surface area contributed by atoms with Gasteiger partial charge < -0.3 is 9.52 Å². The van der Waals surface area contributed by atoms with E-state index >= 15 is 0 Å². The second-order valence-electron chi connectivity index (χ2n) is 4.64. The van der Waals surface area contributed by atoms with Gasteiger partial charge in [-0.2, -0.15) is 0 Å². The number of carboxylic acids is 1. The van der Waals surface area contributed by atoms with Crippen LogP contribution in [0.4, 0.5) is 0 Å². The molecule has 0 aliphatic heterocycles. The van der Waals surface area contributed by atoms with Gasteiger partial charge in [0.25, 0.3) is 0 Å². The highest BCUT2D eigenvalue weighted by Gasteiger charge is 2.13. The zero-order valence-corrected chi connectivity index (χ0v) is 12.3. The molecule has 0 saturated heterocycles. The molecule has 106 valence electrons. The summed E-state index contributed by atoms with van der Waals surface area (Å²) in [6.07, 6.45) is 1.53. The largest absolute Gasteiger partial charge is 0.481 e. The fraction of sp³-hybridized carbons (Fsp3) is 0.0625. The van der Waals surface area contributed by atoms with Crippen molar-refractivity contribution in [3.63, 3.8) is 0 Å². The number of halogens is 2. The Hall–Kier alpha value is -1.97. The predicted molar refractivity (Wildman–Crippen MR) is 83.0 cm³/mol. The molecule has 2 aromatic carbocycles. The van der Waals surface area contributed by atoms with E-state index in [9.17, 15) is 4.79 Å². The fourth-order valence-electron chi connectivity index (χ4n) is 2.31. The van der Waals surface area contributed by atoms with Gasteiger partial charge >= 0.3 is 5.97 Å². The molecule has 3 nitrogen and oxygen atoms in total. The number of para-hydroxylation sites is 1. The Kier molecular flexibility index (Phi) is 3.62. The second-order valence-corrected chi connectivity index (χ2v) is 5.46. The number of carbonyl (C=O) groups is 1. The average Bonchev–Trinajstić information content (AvgIpc) is 2.86. The van der Waals surface area contributed by atoms with Gasteiger partial charge in [-0.1, -0.05) is 47.5 Å². The third-order valence-corrected chi connectivity index (χ3v) is 3.99. The molecule has 1 heterocycles. The quantitative estimate of drug-likeness (QED) is 0.736. The third-order valence-electron chi connectivity index (χ3n) is 3.25. The highest BCUT2D eigenvalue weighted by Crippen LogP contribution is 2.35. The maximum atomic E-state index is 10.9. The zero-order valence-electron chi connectivity index (χ0n) is 10.8. The van der Waals surface area contributed by atoms with Crippen LogP contribution in [0.1, 0.15) is 5.56 Å². The molecule has 0 radical (unpaired) electrons. The zero-order chi connectivity index (χ0) is 15.0. The molecule has 0 amide bonds. The van der Waals surface area contributed by atoms with E-state index in [0.717, 1.165) is 16.5 Å². The van der Waals surface area contributed by atoms with Crippen LogP contribution in [-0.4, -0.2) is 11.1 Å². The van der Waals surface area contributed by atoms with Crippen molar-refractivity contribution in [1.82, 2.24) is 0 Å². The predicted octanol–water partition coefficient (Wildman–Crippen LogP) is 5.03. The van der Waals surface area contributed by atoms with E-state index in [2.05, 4.69) is 0 Å². The lowest BCUT2D eigenvalue weighted by Crippen LogP contribution is -1.99. The first-order chi connectivity index (χ1) is 10.1. The molecule has 0 bridgehead atoms. The molecular formula is C16H10Cl2O3. The Labute approximate surface area is 130 Å². The minimum absolute atomic E-state index is 0.0777.